The zero-order chi connectivity index (χ0) is 21.3. The van der Waals surface area contributed by atoms with Crippen LogP contribution in [0, 0.1) is 13.8 Å². The molecule has 4 aromatic rings. The summed E-state index contributed by atoms with van der Waals surface area (Å²) in [6, 6.07) is 10.4. The molecule has 0 aliphatic rings. The molecule has 7 nitrogen and oxygen atoms in total. The summed E-state index contributed by atoms with van der Waals surface area (Å²) < 4.78 is 32.7. The number of hydrogen-bond donors (Lipinski definition) is 0. The molecule has 30 heavy (non-hydrogen) atoms. The van der Waals surface area contributed by atoms with Crippen LogP contribution in [0.2, 0.25) is 0 Å². The van der Waals surface area contributed by atoms with Gasteiger partial charge in [-0.1, -0.05) is 0 Å². The highest BCUT2D eigenvalue weighted by Crippen LogP contribution is 2.27. The van der Waals surface area contributed by atoms with Gasteiger partial charge in [-0.2, -0.15) is 0 Å². The lowest BCUT2D eigenvalue weighted by Crippen LogP contribution is -2.10. The lowest BCUT2D eigenvalue weighted by Gasteiger charge is -2.03. The van der Waals surface area contributed by atoms with E-state index in [2.05, 4.69) is 0 Å². The Balaban J connectivity index is 1.33. The van der Waals surface area contributed by atoms with Gasteiger partial charge in [0.25, 0.3) is 0 Å². The van der Waals surface area contributed by atoms with E-state index in [1.54, 1.807) is 62.8 Å². The predicted molar refractivity (Wildman–Crippen MR) is 110 cm³/mol. The normalized spacial score (nSPS) is 11.3. The largest absolute Gasteiger partial charge is 0.698 e. The molecule has 2 aromatic heterocycles. The molecule has 0 fully saturated rings. The van der Waals surface area contributed by atoms with Gasteiger partial charge in [0.05, 0.1) is 12.5 Å². The molecule has 2 heterocycles. The van der Waals surface area contributed by atoms with Crippen molar-refractivity contribution in [2.24, 2.45) is 0 Å². The van der Waals surface area contributed by atoms with E-state index in [0.29, 0.717) is 22.3 Å². The Morgan fingerprint density at radius 3 is 1.67 bits per heavy atom. The summed E-state index contributed by atoms with van der Waals surface area (Å²) in [6.07, 6.45) is 3.09. The summed E-state index contributed by atoms with van der Waals surface area (Å²) >= 11 is 0. The molecule has 0 amide bonds. The average Bonchev–Trinajstić information content (AvgIpc) is 3.37. The minimum atomic E-state index is -2.62. The van der Waals surface area contributed by atoms with E-state index in [1.807, 2.05) is 0 Å². The average molecular weight is 425 g/mol. The van der Waals surface area contributed by atoms with Crippen LogP contribution in [0.3, 0.4) is 0 Å². The molecule has 0 radical (unpaired) electrons. The molecule has 0 bridgehead atoms. The number of hydrogen-bond acceptors (Lipinski definition) is 7. The Kier molecular flexibility index (Phi) is 5.59. The highest BCUT2D eigenvalue weighted by molar-refractivity contribution is 7.33. The van der Waals surface area contributed by atoms with E-state index in [9.17, 15) is 14.2 Å². The SMILES string of the molecule is Cc1cc2occc2cc1C(=O)CO[P+](=O)OCC(=O)c1cc2ccoc2cc1C. The highest BCUT2D eigenvalue weighted by Gasteiger charge is 2.26. The Bertz CT molecular complexity index is 1180. The number of fused-ring (bicyclic) bond motifs is 2. The predicted octanol–water partition coefficient (Wildman–Crippen LogP) is 5.55. The molecule has 8 heteroatoms. The molecule has 0 spiro atoms. The second-order valence-electron chi connectivity index (χ2n) is 6.87. The molecular formula is C22H18O7P+. The monoisotopic (exact) mass is 425 g/mol. The first-order chi connectivity index (χ1) is 14.4. The molecule has 4 rings (SSSR count). The Hall–Kier alpha value is -3.12. The molecule has 0 unspecified atom stereocenters. The maximum atomic E-state index is 12.4. The van der Waals surface area contributed by atoms with E-state index in [4.69, 9.17) is 17.9 Å². The van der Waals surface area contributed by atoms with Crippen LogP contribution >= 0.6 is 8.25 Å². The van der Waals surface area contributed by atoms with Gasteiger partial charge in [-0.3, -0.25) is 9.59 Å². The number of rotatable bonds is 8. The first-order valence-electron chi connectivity index (χ1n) is 9.17. The summed E-state index contributed by atoms with van der Waals surface area (Å²) in [5, 5.41) is 1.58. The molecule has 0 N–H and O–H groups in total. The van der Waals surface area contributed by atoms with Crippen LogP contribution in [0.1, 0.15) is 31.8 Å². The number of Topliss-reactive ketones (excluding diaryl/α,β-unsaturated/α-hetero) is 2. The Morgan fingerprint density at radius 1 is 0.800 bits per heavy atom. The minimum absolute atomic E-state index is 0.338. The Labute approximate surface area is 172 Å². The van der Waals surface area contributed by atoms with E-state index >= 15 is 0 Å². The number of benzene rings is 2. The summed E-state index contributed by atoms with van der Waals surface area (Å²) in [5.74, 6) is -0.676. The van der Waals surface area contributed by atoms with Crippen LogP contribution < -0.4 is 0 Å². The van der Waals surface area contributed by atoms with Crippen LogP contribution in [0.15, 0.2) is 57.8 Å². The quantitative estimate of drug-likeness (QED) is 0.270. The van der Waals surface area contributed by atoms with E-state index < -0.39 is 21.5 Å². The fraction of sp³-hybridized carbons (Fsp3) is 0.182. The van der Waals surface area contributed by atoms with Gasteiger partial charge >= 0.3 is 8.25 Å². The van der Waals surface area contributed by atoms with Crippen molar-refractivity contribution in [2.75, 3.05) is 13.2 Å². The lowest BCUT2D eigenvalue weighted by atomic mass is 10.0. The summed E-state index contributed by atoms with van der Waals surface area (Å²) in [4.78, 5) is 24.8. The van der Waals surface area contributed by atoms with Crippen molar-refractivity contribution >= 4 is 41.8 Å². The summed E-state index contributed by atoms with van der Waals surface area (Å²) in [7, 11) is -2.62. The standard InChI is InChI=1S/C22H18O7P/c1-13-7-21-15(3-5-26-21)9-17(13)19(23)11-28-30(25)29-12-20(24)18-10-16-4-6-27-22(16)8-14(18)2/h3-10H,11-12H2,1-2H3/q+1. The van der Waals surface area contributed by atoms with Gasteiger partial charge in [0.1, 0.15) is 11.2 Å². The molecule has 0 saturated heterocycles. The van der Waals surface area contributed by atoms with Crippen LogP contribution in [0.25, 0.3) is 21.9 Å². The fourth-order valence-electron chi connectivity index (χ4n) is 3.24. The maximum absolute atomic E-state index is 12.4. The zero-order valence-corrected chi connectivity index (χ0v) is 17.2. The third-order valence-corrected chi connectivity index (χ3v) is 5.48. The second kappa shape index (κ2) is 8.32. The topological polar surface area (TPSA) is 96.0 Å². The van der Waals surface area contributed by atoms with Crippen LogP contribution in [0.4, 0.5) is 0 Å². The minimum Gasteiger partial charge on any atom is -0.464 e. The van der Waals surface area contributed by atoms with E-state index in [0.717, 1.165) is 21.9 Å². The van der Waals surface area contributed by atoms with Gasteiger partial charge < -0.3 is 8.83 Å². The van der Waals surface area contributed by atoms with Crippen molar-refractivity contribution in [3.05, 3.63) is 71.2 Å². The van der Waals surface area contributed by atoms with Crippen molar-refractivity contribution in [3.63, 3.8) is 0 Å². The molecule has 0 aliphatic carbocycles. The maximum Gasteiger partial charge on any atom is 0.698 e. The molecule has 0 aliphatic heterocycles. The zero-order valence-electron chi connectivity index (χ0n) is 16.3. The molecule has 0 atom stereocenters. The summed E-state index contributed by atoms with van der Waals surface area (Å²) in [5.41, 5.74) is 3.72. The number of aryl methyl sites for hydroxylation is 2. The van der Waals surface area contributed by atoms with Crippen molar-refractivity contribution in [1.82, 2.24) is 0 Å². The molecular weight excluding hydrogens is 407 g/mol. The van der Waals surface area contributed by atoms with Gasteiger partial charge in [0, 0.05) is 26.5 Å². The van der Waals surface area contributed by atoms with E-state index in [1.165, 1.54) is 0 Å². The third kappa shape index (κ3) is 4.09. The number of furan rings is 2. The summed E-state index contributed by atoms with van der Waals surface area (Å²) in [6.45, 7) is 2.72. The molecule has 152 valence electrons. The second-order valence-corrected chi connectivity index (χ2v) is 7.83. The lowest BCUT2D eigenvalue weighted by molar-refractivity contribution is 0.0877. The van der Waals surface area contributed by atoms with Crippen molar-refractivity contribution < 1.29 is 32.0 Å². The van der Waals surface area contributed by atoms with Crippen molar-refractivity contribution in [2.45, 2.75) is 13.8 Å². The van der Waals surface area contributed by atoms with Crippen LogP contribution in [0.5, 0.6) is 0 Å². The highest BCUT2D eigenvalue weighted by atomic mass is 31.1. The van der Waals surface area contributed by atoms with Crippen LogP contribution in [-0.4, -0.2) is 24.8 Å². The van der Waals surface area contributed by atoms with Gasteiger partial charge in [0.2, 0.25) is 0 Å². The number of carbonyl (C=O) groups is 2. The van der Waals surface area contributed by atoms with Gasteiger partial charge in [-0.05, 0) is 61.4 Å². The van der Waals surface area contributed by atoms with Gasteiger partial charge in [-0.15, -0.1) is 9.05 Å². The van der Waals surface area contributed by atoms with Crippen molar-refractivity contribution in [1.29, 1.82) is 0 Å². The van der Waals surface area contributed by atoms with Gasteiger partial charge in [0.15, 0.2) is 24.8 Å². The van der Waals surface area contributed by atoms with E-state index in [-0.39, 0.29) is 11.6 Å². The van der Waals surface area contributed by atoms with Crippen molar-refractivity contribution in [3.8, 4) is 0 Å². The van der Waals surface area contributed by atoms with Crippen LogP contribution in [-0.2, 0) is 13.6 Å². The first kappa shape index (κ1) is 20.2. The van der Waals surface area contributed by atoms with Gasteiger partial charge in [-0.25, -0.2) is 0 Å². The first-order valence-corrected chi connectivity index (χ1v) is 10.3. The fourth-order valence-corrected chi connectivity index (χ4v) is 3.76. The molecule has 2 aromatic carbocycles. The Morgan fingerprint density at radius 2 is 1.23 bits per heavy atom. The third-order valence-electron chi connectivity index (χ3n) is 4.80. The number of ketones is 2. The smallest absolute Gasteiger partial charge is 0.464 e. The number of carbonyl (C=O) groups excluding carboxylic acids is 2. The molecule has 0 saturated carbocycles.